The molecule has 0 amide bonds. The standard InChI is InChI=1S/C23H29NO5/c1-4-5-6-12-29-23(27)20-14(2)24-16-8-7-9-18(26)22(16)21(20)15-10-11-17(25)19(13-15)28-3/h10-11,13,21,24-25H,4-9,12H2,1-3H3. The molecule has 3 rings (SSSR count). The van der Waals surface area contributed by atoms with Gasteiger partial charge < -0.3 is 19.9 Å². The van der Waals surface area contributed by atoms with Gasteiger partial charge in [-0.25, -0.2) is 4.79 Å². The Bertz CT molecular complexity index is 868. The lowest BCUT2D eigenvalue weighted by atomic mass is 9.75. The van der Waals surface area contributed by atoms with Crippen molar-refractivity contribution >= 4 is 11.8 Å². The molecule has 1 atom stereocenters. The van der Waals surface area contributed by atoms with Gasteiger partial charge in [0.25, 0.3) is 0 Å². The first kappa shape index (κ1) is 21.0. The van der Waals surface area contributed by atoms with Crippen LogP contribution in [0.1, 0.15) is 63.9 Å². The summed E-state index contributed by atoms with van der Waals surface area (Å²) >= 11 is 0. The van der Waals surface area contributed by atoms with Crippen molar-refractivity contribution in [3.8, 4) is 11.5 Å². The number of ketones is 1. The Morgan fingerprint density at radius 2 is 2.07 bits per heavy atom. The molecule has 0 aromatic heterocycles. The number of allylic oxidation sites excluding steroid dienone is 3. The number of unbranched alkanes of at least 4 members (excludes halogenated alkanes) is 2. The van der Waals surface area contributed by atoms with Crippen molar-refractivity contribution in [1.82, 2.24) is 5.32 Å². The Balaban J connectivity index is 2.03. The highest BCUT2D eigenvalue weighted by Crippen LogP contribution is 2.44. The zero-order valence-electron chi connectivity index (χ0n) is 17.3. The molecule has 6 nitrogen and oxygen atoms in total. The van der Waals surface area contributed by atoms with Crippen LogP contribution in [0.25, 0.3) is 0 Å². The number of carbonyl (C=O) groups is 2. The number of dihydropyridines is 1. The molecule has 0 fully saturated rings. The number of carbonyl (C=O) groups excluding carboxylic acids is 2. The summed E-state index contributed by atoms with van der Waals surface area (Å²) in [6.07, 6.45) is 4.87. The van der Waals surface area contributed by atoms with Crippen molar-refractivity contribution in [2.75, 3.05) is 13.7 Å². The first-order valence-electron chi connectivity index (χ1n) is 10.3. The summed E-state index contributed by atoms with van der Waals surface area (Å²) in [5.74, 6) is -0.585. The van der Waals surface area contributed by atoms with Gasteiger partial charge in [0.1, 0.15) is 0 Å². The number of phenolic OH excluding ortho intramolecular Hbond substituents is 1. The van der Waals surface area contributed by atoms with Crippen LogP contribution in [0.2, 0.25) is 0 Å². The normalized spacial score (nSPS) is 19.0. The Morgan fingerprint density at radius 3 is 2.79 bits per heavy atom. The molecule has 1 aromatic carbocycles. The number of methoxy groups -OCH3 is 1. The highest BCUT2D eigenvalue weighted by molar-refractivity contribution is 6.03. The summed E-state index contributed by atoms with van der Waals surface area (Å²) in [6.45, 7) is 4.29. The van der Waals surface area contributed by atoms with Gasteiger partial charge in [0.2, 0.25) is 0 Å². The Labute approximate surface area is 171 Å². The van der Waals surface area contributed by atoms with E-state index in [1.165, 1.54) is 13.2 Å². The van der Waals surface area contributed by atoms with Gasteiger partial charge in [0.15, 0.2) is 17.3 Å². The van der Waals surface area contributed by atoms with Crippen molar-refractivity contribution in [3.63, 3.8) is 0 Å². The number of Topliss-reactive ketones (excluding diaryl/α,β-unsaturated/α-hetero) is 1. The minimum Gasteiger partial charge on any atom is -0.504 e. The third-order valence-corrected chi connectivity index (χ3v) is 5.51. The molecule has 1 heterocycles. The van der Waals surface area contributed by atoms with E-state index in [-0.39, 0.29) is 11.5 Å². The first-order chi connectivity index (χ1) is 14.0. The number of phenols is 1. The molecule has 0 radical (unpaired) electrons. The summed E-state index contributed by atoms with van der Waals surface area (Å²) in [5, 5.41) is 13.3. The summed E-state index contributed by atoms with van der Waals surface area (Å²) < 4.78 is 10.8. The quantitative estimate of drug-likeness (QED) is 0.530. The summed E-state index contributed by atoms with van der Waals surface area (Å²) in [7, 11) is 1.47. The molecule has 2 aliphatic rings. The van der Waals surface area contributed by atoms with Gasteiger partial charge in [-0.05, 0) is 43.9 Å². The van der Waals surface area contributed by atoms with Crippen molar-refractivity contribution in [2.24, 2.45) is 0 Å². The van der Waals surface area contributed by atoms with Gasteiger partial charge >= 0.3 is 5.97 Å². The lowest BCUT2D eigenvalue weighted by Gasteiger charge is -2.34. The van der Waals surface area contributed by atoms with Gasteiger partial charge in [-0.15, -0.1) is 0 Å². The third kappa shape index (κ3) is 4.31. The highest BCUT2D eigenvalue weighted by Gasteiger charge is 2.39. The fourth-order valence-corrected chi connectivity index (χ4v) is 4.06. The molecule has 0 spiro atoms. The molecule has 1 aliphatic heterocycles. The molecule has 29 heavy (non-hydrogen) atoms. The van der Waals surface area contributed by atoms with Crippen LogP contribution in [-0.2, 0) is 14.3 Å². The number of benzene rings is 1. The van der Waals surface area contributed by atoms with Crippen LogP contribution in [0.5, 0.6) is 11.5 Å². The monoisotopic (exact) mass is 399 g/mol. The Hall–Kier alpha value is -2.76. The molecule has 2 N–H and O–H groups in total. The van der Waals surface area contributed by atoms with Crippen LogP contribution < -0.4 is 10.1 Å². The van der Waals surface area contributed by atoms with E-state index in [0.29, 0.717) is 35.6 Å². The van der Waals surface area contributed by atoms with Gasteiger partial charge in [0, 0.05) is 29.3 Å². The van der Waals surface area contributed by atoms with Crippen LogP contribution in [0.3, 0.4) is 0 Å². The second-order valence-electron chi connectivity index (χ2n) is 7.54. The van der Waals surface area contributed by atoms with Crippen molar-refractivity contribution in [2.45, 2.75) is 58.3 Å². The van der Waals surface area contributed by atoms with E-state index in [9.17, 15) is 14.7 Å². The second-order valence-corrected chi connectivity index (χ2v) is 7.54. The molecule has 0 saturated carbocycles. The van der Waals surface area contributed by atoms with Gasteiger partial charge in [-0.2, -0.15) is 0 Å². The van der Waals surface area contributed by atoms with E-state index in [2.05, 4.69) is 12.2 Å². The number of esters is 1. The van der Waals surface area contributed by atoms with Gasteiger partial charge in [-0.1, -0.05) is 25.8 Å². The van der Waals surface area contributed by atoms with E-state index < -0.39 is 11.9 Å². The summed E-state index contributed by atoms with van der Waals surface area (Å²) in [4.78, 5) is 25.9. The largest absolute Gasteiger partial charge is 0.504 e. The molecule has 6 heteroatoms. The van der Waals surface area contributed by atoms with Crippen molar-refractivity contribution < 1.29 is 24.2 Å². The molecule has 1 aliphatic carbocycles. The number of hydrogen-bond donors (Lipinski definition) is 2. The Kier molecular flexibility index (Phi) is 6.62. The van der Waals surface area contributed by atoms with E-state index in [0.717, 1.165) is 43.4 Å². The third-order valence-electron chi connectivity index (χ3n) is 5.51. The molecule has 1 aromatic rings. The van der Waals surface area contributed by atoms with Gasteiger partial charge in [-0.3, -0.25) is 4.79 Å². The molecule has 0 saturated heterocycles. The SMILES string of the molecule is CCCCCOC(=O)C1=C(C)NC2=C(C(=O)CCC2)C1c1ccc(O)c(OC)c1. The fraction of sp³-hybridized carbons (Fsp3) is 0.478. The predicted octanol–water partition coefficient (Wildman–Crippen LogP) is 4.10. The first-order valence-corrected chi connectivity index (χ1v) is 10.3. The number of hydrogen-bond acceptors (Lipinski definition) is 6. The maximum atomic E-state index is 13.0. The van der Waals surface area contributed by atoms with Crippen LogP contribution in [0.4, 0.5) is 0 Å². The Morgan fingerprint density at radius 1 is 1.28 bits per heavy atom. The van der Waals surface area contributed by atoms with Crippen LogP contribution in [0, 0.1) is 0 Å². The van der Waals surface area contributed by atoms with E-state index in [1.807, 2.05) is 6.92 Å². The van der Waals surface area contributed by atoms with E-state index in [4.69, 9.17) is 9.47 Å². The maximum Gasteiger partial charge on any atom is 0.336 e. The van der Waals surface area contributed by atoms with Gasteiger partial charge in [0.05, 0.1) is 19.3 Å². The predicted molar refractivity (Wildman–Crippen MR) is 110 cm³/mol. The number of nitrogens with one attached hydrogen (secondary N) is 1. The van der Waals surface area contributed by atoms with Crippen molar-refractivity contribution in [1.29, 1.82) is 0 Å². The number of ether oxygens (including phenoxy) is 2. The summed E-state index contributed by atoms with van der Waals surface area (Å²) in [5.41, 5.74) is 3.37. The lowest BCUT2D eigenvalue weighted by molar-refractivity contribution is -0.139. The maximum absolute atomic E-state index is 13.0. The molecule has 156 valence electrons. The lowest BCUT2D eigenvalue weighted by Crippen LogP contribution is -2.34. The fourth-order valence-electron chi connectivity index (χ4n) is 4.06. The zero-order chi connectivity index (χ0) is 21.0. The van der Waals surface area contributed by atoms with E-state index in [1.54, 1.807) is 12.1 Å². The second kappa shape index (κ2) is 9.16. The number of aromatic hydroxyl groups is 1. The van der Waals surface area contributed by atoms with Crippen LogP contribution in [0.15, 0.2) is 40.7 Å². The highest BCUT2D eigenvalue weighted by atomic mass is 16.5. The average molecular weight is 399 g/mol. The number of rotatable bonds is 7. The smallest absolute Gasteiger partial charge is 0.336 e. The van der Waals surface area contributed by atoms with Crippen LogP contribution >= 0.6 is 0 Å². The zero-order valence-corrected chi connectivity index (χ0v) is 17.3. The van der Waals surface area contributed by atoms with E-state index >= 15 is 0 Å². The molecular formula is C23H29NO5. The molecule has 0 bridgehead atoms. The summed E-state index contributed by atoms with van der Waals surface area (Å²) in [6, 6.07) is 4.96. The average Bonchev–Trinajstić information content (AvgIpc) is 2.70. The van der Waals surface area contributed by atoms with Crippen LogP contribution in [-0.4, -0.2) is 30.6 Å². The minimum atomic E-state index is -0.535. The molecule has 1 unspecified atom stereocenters. The minimum absolute atomic E-state index is 0.0127. The molecular weight excluding hydrogens is 370 g/mol. The van der Waals surface area contributed by atoms with Crippen molar-refractivity contribution in [3.05, 3.63) is 46.3 Å². The topological polar surface area (TPSA) is 84.9 Å².